The zero-order valence-electron chi connectivity index (χ0n) is 10.4. The molecule has 4 nitrogen and oxygen atoms in total. The van der Waals surface area contributed by atoms with Crippen LogP contribution < -0.4 is 0 Å². The predicted molar refractivity (Wildman–Crippen MR) is 72.0 cm³/mol. The lowest BCUT2D eigenvalue weighted by Gasteiger charge is -2.11. The maximum Gasteiger partial charge on any atom is 0.194 e. The zero-order valence-corrected chi connectivity index (χ0v) is 12.0. The Morgan fingerprint density at radius 3 is 2.67 bits per heavy atom. The molecule has 2 heterocycles. The van der Waals surface area contributed by atoms with Crippen molar-refractivity contribution in [2.75, 3.05) is 0 Å². The molecule has 0 fully saturated rings. The minimum Gasteiger partial charge on any atom is -0.231 e. The van der Waals surface area contributed by atoms with Crippen LogP contribution in [-0.4, -0.2) is 19.9 Å². The van der Waals surface area contributed by atoms with E-state index in [4.69, 9.17) is 11.6 Å². The fourth-order valence-corrected chi connectivity index (χ4v) is 2.91. The molecule has 0 amide bonds. The van der Waals surface area contributed by atoms with E-state index in [1.54, 1.807) is 6.20 Å². The van der Waals surface area contributed by atoms with Crippen LogP contribution in [0.5, 0.6) is 0 Å². The summed E-state index contributed by atoms with van der Waals surface area (Å²) in [5, 5.41) is 1.98. The van der Waals surface area contributed by atoms with E-state index in [1.165, 1.54) is 18.1 Å². The number of rotatable bonds is 3. The molecular weight excluding hydrogens is 268 g/mol. The molecule has 2 aromatic heterocycles. The largest absolute Gasteiger partial charge is 0.231 e. The molecule has 2 rings (SSSR count). The average molecular weight is 281 g/mol. The van der Waals surface area contributed by atoms with Crippen molar-refractivity contribution in [3.8, 4) is 0 Å². The summed E-state index contributed by atoms with van der Waals surface area (Å²) in [5.74, 6) is 0.256. The first-order valence-electron chi connectivity index (χ1n) is 5.56. The Bertz CT molecular complexity index is 560. The van der Waals surface area contributed by atoms with E-state index in [0.29, 0.717) is 10.3 Å². The topological polar surface area (TPSA) is 51.6 Å². The van der Waals surface area contributed by atoms with Gasteiger partial charge in [-0.15, -0.1) is 0 Å². The minimum absolute atomic E-state index is 0.256. The van der Waals surface area contributed by atoms with Crippen LogP contribution in [0, 0.1) is 6.92 Å². The number of aromatic nitrogens is 4. The van der Waals surface area contributed by atoms with Crippen LogP contribution in [0.1, 0.15) is 31.0 Å². The van der Waals surface area contributed by atoms with Crippen molar-refractivity contribution in [1.82, 2.24) is 19.9 Å². The molecule has 0 bridgehead atoms. The Hall–Kier alpha value is -1.20. The first kappa shape index (κ1) is 13.2. The van der Waals surface area contributed by atoms with Crippen molar-refractivity contribution in [3.05, 3.63) is 35.0 Å². The molecule has 6 heteroatoms. The van der Waals surface area contributed by atoms with Gasteiger partial charge >= 0.3 is 0 Å². The fraction of sp³-hybridized carbons (Fsp3) is 0.333. The van der Waals surface area contributed by atoms with Gasteiger partial charge in [0.1, 0.15) is 16.5 Å². The first-order valence-corrected chi connectivity index (χ1v) is 6.75. The quantitative estimate of drug-likeness (QED) is 0.636. The minimum atomic E-state index is 0.256. The Morgan fingerprint density at radius 2 is 2.00 bits per heavy atom. The molecule has 0 aliphatic carbocycles. The van der Waals surface area contributed by atoms with E-state index < -0.39 is 0 Å². The normalized spacial score (nSPS) is 10.9. The Labute approximate surface area is 115 Å². The van der Waals surface area contributed by atoms with E-state index in [2.05, 4.69) is 33.8 Å². The Morgan fingerprint density at radius 1 is 1.22 bits per heavy atom. The van der Waals surface area contributed by atoms with Crippen molar-refractivity contribution in [2.45, 2.75) is 36.9 Å². The van der Waals surface area contributed by atoms with Gasteiger partial charge in [0.25, 0.3) is 0 Å². The molecule has 0 unspecified atom stereocenters. The third kappa shape index (κ3) is 2.97. The monoisotopic (exact) mass is 280 g/mol. The highest BCUT2D eigenvalue weighted by atomic mass is 35.5. The molecule has 94 valence electrons. The summed E-state index contributed by atoms with van der Waals surface area (Å²) in [5.41, 5.74) is 1.87. The third-order valence-electron chi connectivity index (χ3n) is 2.34. The molecular formula is C12H13ClN4S. The van der Waals surface area contributed by atoms with Crippen molar-refractivity contribution in [1.29, 1.82) is 0 Å². The lowest BCUT2D eigenvalue weighted by Crippen LogP contribution is -1.99. The Kier molecular flexibility index (Phi) is 4.14. The van der Waals surface area contributed by atoms with E-state index in [9.17, 15) is 0 Å². The molecule has 0 N–H and O–H groups in total. The van der Waals surface area contributed by atoms with Crippen LogP contribution in [0.15, 0.2) is 28.8 Å². The van der Waals surface area contributed by atoms with Gasteiger partial charge in [0, 0.05) is 17.5 Å². The maximum absolute atomic E-state index is 6.12. The predicted octanol–water partition coefficient (Wildman–Crippen LogP) is 3.50. The van der Waals surface area contributed by atoms with Crippen LogP contribution in [0.25, 0.3) is 0 Å². The van der Waals surface area contributed by atoms with Crippen LogP contribution in [0.2, 0.25) is 5.15 Å². The third-order valence-corrected chi connectivity index (χ3v) is 3.54. The van der Waals surface area contributed by atoms with E-state index >= 15 is 0 Å². The van der Waals surface area contributed by atoms with Crippen molar-refractivity contribution >= 4 is 23.4 Å². The van der Waals surface area contributed by atoms with Gasteiger partial charge < -0.3 is 0 Å². The maximum atomic E-state index is 6.12. The van der Waals surface area contributed by atoms with Gasteiger partial charge in [-0.2, -0.15) is 0 Å². The molecule has 18 heavy (non-hydrogen) atoms. The van der Waals surface area contributed by atoms with Gasteiger partial charge in [-0.1, -0.05) is 25.4 Å². The number of hydrogen-bond donors (Lipinski definition) is 0. The summed E-state index contributed by atoms with van der Waals surface area (Å²) in [6, 6.07) is 1.86. The lowest BCUT2D eigenvalue weighted by atomic mass is 10.1. The highest BCUT2D eigenvalue weighted by Gasteiger charge is 2.15. The summed E-state index contributed by atoms with van der Waals surface area (Å²) in [6.45, 7) is 6.06. The second kappa shape index (κ2) is 5.63. The van der Waals surface area contributed by atoms with Crippen LogP contribution in [-0.2, 0) is 0 Å². The zero-order chi connectivity index (χ0) is 13.1. The molecule has 0 atom stereocenters. The molecule has 0 aliphatic heterocycles. The van der Waals surface area contributed by atoms with E-state index in [0.717, 1.165) is 16.3 Å². The van der Waals surface area contributed by atoms with Crippen molar-refractivity contribution in [2.24, 2.45) is 0 Å². The summed E-state index contributed by atoms with van der Waals surface area (Å²) in [4.78, 5) is 16.9. The van der Waals surface area contributed by atoms with Gasteiger partial charge in [0.15, 0.2) is 5.16 Å². The molecule has 0 saturated heterocycles. The number of aryl methyl sites for hydroxylation is 1. The van der Waals surface area contributed by atoms with Crippen LogP contribution >= 0.6 is 23.4 Å². The summed E-state index contributed by atoms with van der Waals surface area (Å²) in [6.07, 6.45) is 3.20. The molecule has 0 saturated carbocycles. The van der Waals surface area contributed by atoms with E-state index in [1.807, 2.05) is 13.0 Å². The van der Waals surface area contributed by atoms with Crippen molar-refractivity contribution in [3.63, 3.8) is 0 Å². The molecule has 0 spiro atoms. The summed E-state index contributed by atoms with van der Waals surface area (Å²) in [7, 11) is 0. The van der Waals surface area contributed by atoms with Gasteiger partial charge in [-0.3, -0.25) is 0 Å². The highest BCUT2D eigenvalue weighted by molar-refractivity contribution is 7.99. The second-order valence-electron chi connectivity index (χ2n) is 4.12. The smallest absolute Gasteiger partial charge is 0.194 e. The highest BCUT2D eigenvalue weighted by Crippen LogP contribution is 2.33. The molecule has 2 aromatic rings. The lowest BCUT2D eigenvalue weighted by molar-refractivity contribution is 0.800. The van der Waals surface area contributed by atoms with Crippen molar-refractivity contribution < 1.29 is 0 Å². The SMILES string of the molecule is Cc1ccnc(Sc2ncnc(Cl)c2C(C)C)n1. The van der Waals surface area contributed by atoms with Gasteiger partial charge in [-0.25, -0.2) is 19.9 Å². The van der Waals surface area contributed by atoms with Crippen LogP contribution in [0.3, 0.4) is 0 Å². The van der Waals surface area contributed by atoms with Gasteiger partial charge in [0.2, 0.25) is 0 Å². The molecule has 0 radical (unpaired) electrons. The van der Waals surface area contributed by atoms with Crippen LogP contribution in [0.4, 0.5) is 0 Å². The number of hydrogen-bond acceptors (Lipinski definition) is 5. The molecule has 0 aromatic carbocycles. The standard InChI is InChI=1S/C12H13ClN4S/c1-7(2)9-10(13)15-6-16-11(9)18-12-14-5-4-8(3)17-12/h4-7H,1-3H3. The molecule has 0 aliphatic rings. The fourth-order valence-electron chi connectivity index (χ4n) is 1.49. The van der Waals surface area contributed by atoms with Gasteiger partial charge in [0.05, 0.1) is 0 Å². The summed E-state index contributed by atoms with van der Waals surface area (Å²) >= 11 is 7.53. The number of nitrogens with zero attached hydrogens (tertiary/aromatic N) is 4. The van der Waals surface area contributed by atoms with E-state index in [-0.39, 0.29) is 5.92 Å². The van der Waals surface area contributed by atoms with Gasteiger partial charge in [-0.05, 0) is 30.7 Å². The first-order chi connectivity index (χ1) is 8.58. The summed E-state index contributed by atoms with van der Waals surface area (Å²) < 4.78 is 0. The second-order valence-corrected chi connectivity index (χ2v) is 5.43. The Balaban J connectivity index is 2.37. The number of halogens is 1. The average Bonchev–Trinajstić information content (AvgIpc) is 2.28.